The van der Waals surface area contributed by atoms with Gasteiger partial charge in [-0.1, -0.05) is 0 Å². The van der Waals surface area contributed by atoms with Crippen LogP contribution in [-0.4, -0.2) is 133 Å². The van der Waals surface area contributed by atoms with Crippen molar-refractivity contribution in [2.45, 2.75) is 64.2 Å². The number of carbonyl (C=O) groups excluding carboxylic acids is 4. The Balaban J connectivity index is 1.29. The minimum absolute atomic E-state index is 0.0289. The van der Waals surface area contributed by atoms with Crippen LogP contribution >= 0.6 is 0 Å². The Hall–Kier alpha value is -5.80. The fourth-order valence-electron chi connectivity index (χ4n) is 4.92. The maximum absolute atomic E-state index is 12.1. The smallest absolute Gasteiger partial charge is 0.352 e. The number of aromatic amines is 2. The highest BCUT2D eigenvalue weighted by molar-refractivity contribution is 6.04. The molecule has 2 aromatic rings. The fraction of sp³-hybridized carbons (Fsp3) is 0.556. The molecule has 0 radical (unpaired) electrons. The van der Waals surface area contributed by atoms with Crippen LogP contribution in [0.4, 0.5) is 0 Å². The van der Waals surface area contributed by atoms with E-state index in [9.17, 15) is 28.8 Å². The second-order valence-electron chi connectivity index (χ2n) is 12.6. The molecule has 0 saturated heterocycles. The SMILES string of the molecule is NC(NC(=O)c1ccc(C(=O)O)[nH]1)=[NH+]CCCCCC(=O)NCCCOCCOCCOCCCNC(=O)CCCCC[NH+]=C(N)NC(=O)c1ccc(C(=O)O)[nH]1. The molecule has 0 aliphatic rings. The number of hydrogen-bond donors (Lipinski definition) is 12. The molecule has 2 heterocycles. The van der Waals surface area contributed by atoms with Crippen molar-refractivity contribution in [3.05, 3.63) is 47.0 Å². The summed E-state index contributed by atoms with van der Waals surface area (Å²) in [7, 11) is 0. The lowest BCUT2D eigenvalue weighted by atomic mass is 10.2. The average Bonchev–Trinajstić information content (AvgIpc) is 3.88. The molecule has 4 amide bonds. The molecule has 0 spiro atoms. The lowest BCUT2D eigenvalue weighted by molar-refractivity contribution is -0.461. The van der Waals surface area contributed by atoms with Crippen molar-refractivity contribution >= 4 is 47.5 Å². The van der Waals surface area contributed by atoms with E-state index in [4.69, 9.17) is 35.9 Å². The minimum atomic E-state index is -1.17. The fourth-order valence-corrected chi connectivity index (χ4v) is 4.92. The predicted molar refractivity (Wildman–Crippen MR) is 205 cm³/mol. The molecular weight excluding hydrogens is 748 g/mol. The predicted octanol–water partition coefficient (Wildman–Crippen LogP) is -3.13. The second-order valence-corrected chi connectivity index (χ2v) is 12.6. The highest BCUT2D eigenvalue weighted by Crippen LogP contribution is 2.03. The molecule has 14 N–H and O–H groups in total. The van der Waals surface area contributed by atoms with E-state index < -0.39 is 23.8 Å². The van der Waals surface area contributed by atoms with E-state index in [1.807, 2.05) is 0 Å². The van der Waals surface area contributed by atoms with Gasteiger partial charge in [0.25, 0.3) is 0 Å². The number of H-pyrrole nitrogens is 2. The number of rotatable bonds is 30. The van der Waals surface area contributed by atoms with Gasteiger partial charge in [-0.2, -0.15) is 0 Å². The summed E-state index contributed by atoms with van der Waals surface area (Å²) in [6.07, 6.45) is 6.64. The number of nitrogens with one attached hydrogen (secondary N) is 8. The van der Waals surface area contributed by atoms with Crippen LogP contribution in [0.5, 0.6) is 0 Å². The number of carbonyl (C=O) groups is 6. The van der Waals surface area contributed by atoms with Gasteiger partial charge in [-0.15, -0.1) is 0 Å². The molecule has 316 valence electrons. The summed E-state index contributed by atoms with van der Waals surface area (Å²) >= 11 is 0. The number of ether oxygens (including phenoxy) is 3. The Kier molecular flexibility index (Phi) is 23.7. The Morgan fingerprint density at radius 3 is 1.26 bits per heavy atom. The van der Waals surface area contributed by atoms with Crippen LogP contribution in [0, 0.1) is 0 Å². The van der Waals surface area contributed by atoms with Crippen LogP contribution in [0.2, 0.25) is 0 Å². The van der Waals surface area contributed by atoms with E-state index in [2.05, 4.69) is 41.2 Å². The van der Waals surface area contributed by atoms with Gasteiger partial charge in [0.15, 0.2) is 0 Å². The molecule has 21 heteroatoms. The number of carboxylic acids is 2. The Labute approximate surface area is 330 Å². The van der Waals surface area contributed by atoms with Gasteiger partial charge in [-0.05, 0) is 75.6 Å². The highest BCUT2D eigenvalue weighted by atomic mass is 16.5. The first kappa shape index (κ1) is 47.4. The minimum Gasteiger partial charge on any atom is -0.477 e. The molecule has 57 heavy (non-hydrogen) atoms. The summed E-state index contributed by atoms with van der Waals surface area (Å²) < 4.78 is 16.5. The van der Waals surface area contributed by atoms with Crippen molar-refractivity contribution in [2.24, 2.45) is 11.5 Å². The Morgan fingerprint density at radius 2 is 0.895 bits per heavy atom. The summed E-state index contributed by atoms with van der Waals surface area (Å²) in [4.78, 5) is 80.7. The molecule has 21 nitrogen and oxygen atoms in total. The first-order chi connectivity index (χ1) is 27.5. The van der Waals surface area contributed by atoms with E-state index in [0.717, 1.165) is 25.7 Å². The molecule has 2 aromatic heterocycles. The number of aromatic carboxylic acids is 2. The third kappa shape index (κ3) is 22.4. The number of amides is 4. The van der Waals surface area contributed by atoms with Crippen molar-refractivity contribution in [3.63, 3.8) is 0 Å². The average molecular weight is 807 g/mol. The lowest BCUT2D eigenvalue weighted by Gasteiger charge is -2.08. The van der Waals surface area contributed by atoms with Crippen LogP contribution < -0.4 is 42.7 Å². The second kappa shape index (κ2) is 28.6. The summed E-state index contributed by atoms with van der Waals surface area (Å²) in [6, 6.07) is 5.29. The zero-order valence-corrected chi connectivity index (χ0v) is 32.2. The van der Waals surface area contributed by atoms with Gasteiger partial charge < -0.3 is 45.0 Å². The van der Waals surface area contributed by atoms with Crippen molar-refractivity contribution in [3.8, 4) is 0 Å². The molecule has 0 unspecified atom stereocenters. The summed E-state index contributed by atoms with van der Waals surface area (Å²) in [5.41, 5.74) is 11.5. The molecule has 0 atom stereocenters. The van der Waals surface area contributed by atoms with Gasteiger partial charge in [0.05, 0.1) is 39.5 Å². The zero-order chi connectivity index (χ0) is 41.7. The van der Waals surface area contributed by atoms with Crippen molar-refractivity contribution in [2.75, 3.05) is 65.8 Å². The molecule has 0 fully saturated rings. The first-order valence-electron chi connectivity index (χ1n) is 18.9. The van der Waals surface area contributed by atoms with Crippen molar-refractivity contribution in [1.29, 1.82) is 0 Å². The van der Waals surface area contributed by atoms with Gasteiger partial charge in [0, 0.05) is 39.1 Å². The number of carboxylic acid groups (broad SMARTS) is 2. The topological polar surface area (TPSA) is 330 Å². The number of hydrogen-bond acceptors (Lipinski definition) is 9. The maximum atomic E-state index is 12.1. The monoisotopic (exact) mass is 806 g/mol. The third-order valence-corrected chi connectivity index (χ3v) is 7.93. The van der Waals surface area contributed by atoms with E-state index in [0.29, 0.717) is 104 Å². The van der Waals surface area contributed by atoms with Gasteiger partial charge in [0.2, 0.25) is 11.8 Å². The first-order valence-corrected chi connectivity index (χ1v) is 18.9. The normalized spacial score (nSPS) is 11.6. The molecule has 0 bridgehead atoms. The lowest BCUT2D eigenvalue weighted by Crippen LogP contribution is -2.79. The largest absolute Gasteiger partial charge is 0.477 e. The van der Waals surface area contributed by atoms with Gasteiger partial charge >= 0.3 is 35.7 Å². The maximum Gasteiger partial charge on any atom is 0.352 e. The number of unbranched alkanes of at least 4 members (excludes halogenated alkanes) is 4. The highest BCUT2D eigenvalue weighted by Gasteiger charge is 2.17. The van der Waals surface area contributed by atoms with Crippen molar-refractivity contribution < 1.29 is 63.2 Å². The summed E-state index contributed by atoms with van der Waals surface area (Å²) in [6.45, 7) is 4.77. The standard InChI is InChI=1S/C36H56N10O11/c37-35(45-31(49)25-11-13-27(43-25)33(51)52)41-15-5-1-3-9-29(47)39-17-7-19-55-21-23-57-24-22-56-20-8-18-40-30(48)10-4-2-6-16-42-36(38)46-32(50)26-12-14-28(44-26)34(53)54/h11-14,43-44H,1-10,15-24H2,(H,39,47)(H,40,48)(H,51,52)(H,53,54)(H3,37,41,45,49)(H3,38,42,46,50)/p+2. The Morgan fingerprint density at radius 1 is 0.526 bits per heavy atom. The summed E-state index contributed by atoms with van der Waals surface area (Å²) in [5, 5.41) is 28.5. The van der Waals surface area contributed by atoms with Crippen molar-refractivity contribution in [1.82, 2.24) is 31.2 Å². The van der Waals surface area contributed by atoms with Crippen LogP contribution in [0.3, 0.4) is 0 Å². The number of nitrogens with two attached hydrogens (primary N) is 2. The van der Waals surface area contributed by atoms with Crippen LogP contribution in [0.1, 0.15) is 106 Å². The van der Waals surface area contributed by atoms with E-state index in [1.54, 1.807) is 0 Å². The molecular formula is C36H58N10O11+2. The number of aromatic nitrogens is 2. The quantitative estimate of drug-likeness (QED) is 0.0211. The van der Waals surface area contributed by atoms with Crippen LogP contribution in [0.25, 0.3) is 0 Å². The molecule has 0 aromatic carbocycles. The zero-order valence-electron chi connectivity index (χ0n) is 32.2. The molecule has 0 aliphatic carbocycles. The van der Waals surface area contributed by atoms with E-state index in [-0.39, 0.29) is 46.5 Å². The molecule has 0 aliphatic heterocycles. The number of guanidine groups is 2. The van der Waals surface area contributed by atoms with E-state index in [1.165, 1.54) is 24.3 Å². The third-order valence-electron chi connectivity index (χ3n) is 7.93. The molecule has 0 saturated carbocycles. The Bertz CT molecular complexity index is 1510. The van der Waals surface area contributed by atoms with Crippen LogP contribution in [0.15, 0.2) is 24.3 Å². The molecule has 2 rings (SSSR count). The van der Waals surface area contributed by atoms with E-state index >= 15 is 0 Å². The summed E-state index contributed by atoms with van der Waals surface area (Å²) in [5.74, 6) is -3.40. The van der Waals surface area contributed by atoms with Gasteiger partial charge in [0.1, 0.15) is 22.8 Å². The van der Waals surface area contributed by atoms with Crippen LogP contribution in [-0.2, 0) is 23.8 Å². The van der Waals surface area contributed by atoms with Gasteiger partial charge in [-0.25, -0.2) is 29.8 Å². The van der Waals surface area contributed by atoms with Gasteiger partial charge in [-0.3, -0.25) is 31.0 Å².